The topological polar surface area (TPSA) is 43.8 Å². The van der Waals surface area contributed by atoms with Crippen LogP contribution in [0.25, 0.3) is 0 Å². The van der Waals surface area contributed by atoms with Crippen LogP contribution in [0.2, 0.25) is 0 Å². The number of rotatable bonds is 5. The van der Waals surface area contributed by atoms with Gasteiger partial charge < -0.3 is 10.0 Å². The molecule has 1 aliphatic carbocycles. The molecule has 0 spiro atoms. The van der Waals surface area contributed by atoms with Crippen LogP contribution in [0.1, 0.15) is 82.8 Å². The zero-order valence-electron chi connectivity index (χ0n) is 16.7. The third kappa shape index (κ3) is 3.62. The quantitative estimate of drug-likeness (QED) is 0.821. The fourth-order valence-electron chi connectivity index (χ4n) is 4.79. The Morgan fingerprint density at radius 1 is 1.00 bits per heavy atom. The van der Waals surface area contributed by atoms with Gasteiger partial charge in [0.1, 0.15) is 0 Å². The molecule has 1 aliphatic heterocycles. The Morgan fingerprint density at radius 3 is 2.08 bits per heavy atom. The van der Waals surface area contributed by atoms with Crippen molar-refractivity contribution in [3.63, 3.8) is 0 Å². The van der Waals surface area contributed by atoms with Crippen molar-refractivity contribution in [2.75, 3.05) is 18.0 Å². The third-order valence-corrected chi connectivity index (χ3v) is 6.10. The molecule has 0 aromatic heterocycles. The Hall–Kier alpha value is -1.55. The van der Waals surface area contributed by atoms with Crippen molar-refractivity contribution in [2.24, 2.45) is 0 Å². The fourth-order valence-corrected chi connectivity index (χ4v) is 4.79. The summed E-state index contributed by atoms with van der Waals surface area (Å²) in [6.07, 6.45) is 5.50. The van der Waals surface area contributed by atoms with Crippen molar-refractivity contribution < 1.29 is 9.90 Å². The van der Waals surface area contributed by atoms with Gasteiger partial charge in [0.05, 0.1) is 0 Å². The van der Waals surface area contributed by atoms with Crippen LogP contribution in [-0.2, 0) is 4.79 Å². The van der Waals surface area contributed by atoms with Crippen LogP contribution in [-0.4, -0.2) is 41.3 Å². The van der Waals surface area contributed by atoms with Crippen LogP contribution in [0.3, 0.4) is 0 Å². The summed E-state index contributed by atoms with van der Waals surface area (Å²) in [6.45, 7) is 10.5. The second kappa shape index (κ2) is 7.99. The number of nitrogens with zero attached hydrogens (tertiary/aromatic N) is 2. The number of anilines is 1. The van der Waals surface area contributed by atoms with Gasteiger partial charge in [-0.05, 0) is 35.8 Å². The molecule has 1 saturated heterocycles. The maximum Gasteiger partial charge on any atom is 0.341 e. The molecule has 26 heavy (non-hydrogen) atoms. The van der Waals surface area contributed by atoms with Crippen LogP contribution in [0.4, 0.5) is 5.69 Å². The van der Waals surface area contributed by atoms with Gasteiger partial charge in [0, 0.05) is 24.8 Å². The standard InChI is InChI=1S/C22H34N2O2/c1-15(2)18-11-8-12-19(16(3)4)20(18)24-14-13-23(21(24)22(25)26)17-9-6-5-7-10-17/h8,11-12,15-17,21H,5-7,9-10,13-14H2,1-4H3,(H,25,26). The lowest BCUT2D eigenvalue weighted by Gasteiger charge is -2.37. The highest BCUT2D eigenvalue weighted by atomic mass is 16.4. The lowest BCUT2D eigenvalue weighted by Crippen LogP contribution is -2.50. The lowest BCUT2D eigenvalue weighted by atomic mass is 9.91. The number of carbonyl (C=O) groups is 1. The van der Waals surface area contributed by atoms with Crippen LogP contribution < -0.4 is 4.90 Å². The smallest absolute Gasteiger partial charge is 0.341 e. The van der Waals surface area contributed by atoms with E-state index in [1.165, 1.54) is 36.1 Å². The minimum absolute atomic E-state index is 0.377. The number of aliphatic carboxylic acids is 1. The zero-order valence-corrected chi connectivity index (χ0v) is 16.7. The number of hydrogen-bond donors (Lipinski definition) is 1. The van der Waals surface area contributed by atoms with Gasteiger partial charge in [0.2, 0.25) is 0 Å². The second-order valence-electron chi connectivity index (χ2n) is 8.53. The highest BCUT2D eigenvalue weighted by Crippen LogP contribution is 2.39. The van der Waals surface area contributed by atoms with Crippen molar-refractivity contribution in [1.82, 2.24) is 4.90 Å². The van der Waals surface area contributed by atoms with E-state index in [4.69, 9.17) is 0 Å². The van der Waals surface area contributed by atoms with Gasteiger partial charge in [-0.2, -0.15) is 0 Å². The molecule has 1 heterocycles. The molecule has 3 rings (SSSR count). The van der Waals surface area contributed by atoms with E-state index in [2.05, 4.69) is 55.7 Å². The van der Waals surface area contributed by atoms with Crippen molar-refractivity contribution in [3.8, 4) is 0 Å². The zero-order chi connectivity index (χ0) is 18.8. The molecular formula is C22H34N2O2. The number of para-hydroxylation sites is 1. The number of hydrogen-bond acceptors (Lipinski definition) is 3. The van der Waals surface area contributed by atoms with Gasteiger partial charge >= 0.3 is 5.97 Å². The van der Waals surface area contributed by atoms with E-state index in [9.17, 15) is 9.90 Å². The Labute approximate surface area is 158 Å². The second-order valence-corrected chi connectivity index (χ2v) is 8.53. The normalized spacial score (nSPS) is 22.5. The Bertz CT molecular complexity index is 609. The minimum Gasteiger partial charge on any atom is -0.479 e. The summed E-state index contributed by atoms with van der Waals surface area (Å²) < 4.78 is 0. The predicted molar refractivity (Wildman–Crippen MR) is 107 cm³/mol. The number of carboxylic acids is 1. The summed E-state index contributed by atoms with van der Waals surface area (Å²) in [5.74, 6) is 0.0464. The molecule has 4 nitrogen and oxygen atoms in total. The van der Waals surface area contributed by atoms with Gasteiger partial charge in [-0.15, -0.1) is 0 Å². The van der Waals surface area contributed by atoms with Gasteiger partial charge in [0.25, 0.3) is 0 Å². The molecule has 1 aromatic carbocycles. The van der Waals surface area contributed by atoms with E-state index >= 15 is 0 Å². The van der Waals surface area contributed by atoms with E-state index < -0.39 is 12.1 Å². The van der Waals surface area contributed by atoms with Gasteiger partial charge in [-0.25, -0.2) is 4.79 Å². The van der Waals surface area contributed by atoms with E-state index in [1.54, 1.807) is 0 Å². The molecule has 0 bridgehead atoms. The first-order valence-electron chi connectivity index (χ1n) is 10.3. The highest BCUT2D eigenvalue weighted by molar-refractivity contribution is 5.80. The summed E-state index contributed by atoms with van der Waals surface area (Å²) in [5.41, 5.74) is 3.71. The van der Waals surface area contributed by atoms with E-state index in [0.717, 1.165) is 25.9 Å². The molecule has 0 radical (unpaired) electrons. The summed E-state index contributed by atoms with van der Waals surface area (Å²) in [7, 11) is 0. The lowest BCUT2D eigenvalue weighted by molar-refractivity contribution is -0.143. The van der Waals surface area contributed by atoms with Crippen molar-refractivity contribution >= 4 is 11.7 Å². The highest BCUT2D eigenvalue weighted by Gasteiger charge is 2.42. The molecule has 1 aromatic rings. The molecule has 144 valence electrons. The van der Waals surface area contributed by atoms with Gasteiger partial charge in [-0.3, -0.25) is 4.90 Å². The maximum atomic E-state index is 12.3. The first kappa shape index (κ1) is 19.2. The Kier molecular flexibility index (Phi) is 5.91. The van der Waals surface area contributed by atoms with Crippen LogP contribution in [0, 0.1) is 0 Å². The summed E-state index contributed by atoms with van der Waals surface area (Å²) >= 11 is 0. The SMILES string of the molecule is CC(C)c1cccc(C(C)C)c1N1CCN(C2CCCCC2)C1C(=O)O. The molecule has 1 N–H and O–H groups in total. The average Bonchev–Trinajstić information content (AvgIpc) is 3.06. The first-order valence-corrected chi connectivity index (χ1v) is 10.3. The predicted octanol–water partition coefficient (Wildman–Crippen LogP) is 4.80. The molecule has 2 aliphatic rings. The maximum absolute atomic E-state index is 12.3. The molecule has 1 saturated carbocycles. The summed E-state index contributed by atoms with van der Waals surface area (Å²) in [5, 5.41) is 10.1. The summed E-state index contributed by atoms with van der Waals surface area (Å²) in [6, 6.07) is 6.89. The van der Waals surface area contributed by atoms with Gasteiger partial charge in [0.15, 0.2) is 6.17 Å². The van der Waals surface area contributed by atoms with Crippen LogP contribution in [0.5, 0.6) is 0 Å². The molecule has 1 unspecified atom stereocenters. The first-order chi connectivity index (χ1) is 12.4. The Morgan fingerprint density at radius 2 is 1.58 bits per heavy atom. The number of carboxylic acid groups (broad SMARTS) is 1. The fraction of sp³-hybridized carbons (Fsp3) is 0.682. The largest absolute Gasteiger partial charge is 0.479 e. The third-order valence-electron chi connectivity index (χ3n) is 6.10. The van der Waals surface area contributed by atoms with E-state index in [0.29, 0.717) is 17.9 Å². The number of benzene rings is 1. The van der Waals surface area contributed by atoms with Gasteiger partial charge in [-0.1, -0.05) is 65.2 Å². The average molecular weight is 359 g/mol. The molecule has 4 heteroatoms. The molecular weight excluding hydrogens is 324 g/mol. The molecule has 2 fully saturated rings. The van der Waals surface area contributed by atoms with Crippen LogP contribution >= 0.6 is 0 Å². The molecule has 1 atom stereocenters. The minimum atomic E-state index is -0.707. The van der Waals surface area contributed by atoms with Crippen molar-refractivity contribution in [2.45, 2.75) is 83.8 Å². The summed E-state index contributed by atoms with van der Waals surface area (Å²) in [4.78, 5) is 16.8. The van der Waals surface area contributed by atoms with Crippen molar-refractivity contribution in [1.29, 1.82) is 0 Å². The monoisotopic (exact) mass is 358 g/mol. The Balaban J connectivity index is 2.01. The van der Waals surface area contributed by atoms with Crippen molar-refractivity contribution in [3.05, 3.63) is 29.3 Å². The van der Waals surface area contributed by atoms with Crippen LogP contribution in [0.15, 0.2) is 18.2 Å². The van der Waals surface area contributed by atoms with E-state index in [-0.39, 0.29) is 0 Å². The molecule has 0 amide bonds. The van der Waals surface area contributed by atoms with E-state index in [1.807, 2.05) is 0 Å².